The fourth-order valence-corrected chi connectivity index (χ4v) is 5.00. The van der Waals surface area contributed by atoms with Crippen LogP contribution in [0, 0.1) is 5.41 Å². The molecule has 1 saturated carbocycles. The van der Waals surface area contributed by atoms with E-state index in [1.54, 1.807) is 0 Å². The Hall–Kier alpha value is -2.63. The first-order valence-electron chi connectivity index (χ1n) is 10.2. The van der Waals surface area contributed by atoms with Gasteiger partial charge >= 0.3 is 0 Å². The predicted octanol–water partition coefficient (Wildman–Crippen LogP) is 2.97. The molecule has 1 atom stereocenters. The number of amides is 1. The maximum absolute atomic E-state index is 12.0. The van der Waals surface area contributed by atoms with Crippen LogP contribution in [0.25, 0.3) is 11.3 Å². The number of nitrogens with zero attached hydrogens (tertiary/aromatic N) is 5. The third kappa shape index (κ3) is 2.82. The molecule has 1 aliphatic carbocycles. The zero-order valence-electron chi connectivity index (χ0n) is 16.5. The van der Waals surface area contributed by atoms with Gasteiger partial charge < -0.3 is 9.80 Å². The van der Waals surface area contributed by atoms with E-state index < -0.39 is 0 Å². The Kier molecular flexibility index (Phi) is 4.03. The van der Waals surface area contributed by atoms with Crippen molar-refractivity contribution in [3.63, 3.8) is 0 Å². The quantitative estimate of drug-likeness (QED) is 0.769. The summed E-state index contributed by atoms with van der Waals surface area (Å²) in [4.78, 5) is 21.1. The van der Waals surface area contributed by atoms with Gasteiger partial charge in [-0.15, -0.1) is 0 Å². The van der Waals surface area contributed by atoms with E-state index in [1.807, 2.05) is 29.0 Å². The van der Waals surface area contributed by atoms with Gasteiger partial charge in [0.1, 0.15) is 5.82 Å². The molecule has 1 spiro atoms. The van der Waals surface area contributed by atoms with Gasteiger partial charge in [-0.05, 0) is 43.0 Å². The molecule has 28 heavy (non-hydrogen) atoms. The minimum absolute atomic E-state index is 0.0119. The van der Waals surface area contributed by atoms with E-state index >= 15 is 0 Å². The van der Waals surface area contributed by atoms with Gasteiger partial charge in [0.25, 0.3) is 0 Å². The van der Waals surface area contributed by atoms with Crippen LogP contribution >= 0.6 is 0 Å². The van der Waals surface area contributed by atoms with Crippen molar-refractivity contribution in [2.24, 2.45) is 12.5 Å². The lowest BCUT2D eigenvalue weighted by atomic mass is 9.63. The SMILES string of the molecule is C=CC(=O)N1CCC(c2cnc(N3CC4(CCC4)C3)cc2-c2ccn(C)n2)C1. The number of pyridine rings is 1. The van der Waals surface area contributed by atoms with Gasteiger partial charge in [-0.3, -0.25) is 9.48 Å². The van der Waals surface area contributed by atoms with Crippen molar-refractivity contribution in [1.29, 1.82) is 0 Å². The highest BCUT2D eigenvalue weighted by Gasteiger charge is 2.47. The largest absolute Gasteiger partial charge is 0.355 e. The molecule has 0 bridgehead atoms. The van der Waals surface area contributed by atoms with Crippen LogP contribution in [0.2, 0.25) is 0 Å². The standard InChI is InChI=1S/C22H27N5O/c1-3-21(28)26-10-5-16(13-26)18-12-23-20(27-14-22(15-27)7-4-8-22)11-17(18)19-6-9-25(2)24-19/h3,6,9,11-12,16H,1,4-5,7-8,10,13-15H2,2H3. The van der Waals surface area contributed by atoms with Gasteiger partial charge in [0.15, 0.2) is 0 Å². The smallest absolute Gasteiger partial charge is 0.245 e. The van der Waals surface area contributed by atoms with Crippen LogP contribution in [0.1, 0.15) is 37.2 Å². The molecule has 2 aliphatic heterocycles. The summed E-state index contributed by atoms with van der Waals surface area (Å²) in [6.07, 6.45) is 10.5. The number of likely N-dealkylation sites (tertiary alicyclic amines) is 1. The first-order valence-corrected chi connectivity index (χ1v) is 10.2. The third-order valence-electron chi connectivity index (χ3n) is 6.82. The topological polar surface area (TPSA) is 54.3 Å². The fourth-order valence-electron chi connectivity index (χ4n) is 5.00. The van der Waals surface area contributed by atoms with Crippen molar-refractivity contribution in [3.8, 4) is 11.3 Å². The molecule has 3 aliphatic rings. The maximum atomic E-state index is 12.0. The molecule has 2 aromatic heterocycles. The summed E-state index contributed by atoms with van der Waals surface area (Å²) < 4.78 is 1.84. The first kappa shape index (κ1) is 17.5. The normalized spacial score (nSPS) is 22.8. The van der Waals surface area contributed by atoms with E-state index in [2.05, 4.69) is 28.7 Å². The van der Waals surface area contributed by atoms with Crippen molar-refractivity contribution < 1.29 is 4.79 Å². The zero-order chi connectivity index (χ0) is 19.3. The molecule has 2 saturated heterocycles. The lowest BCUT2D eigenvalue weighted by Crippen LogP contribution is -2.60. The van der Waals surface area contributed by atoms with Gasteiger partial charge in [-0.25, -0.2) is 4.98 Å². The van der Waals surface area contributed by atoms with Gasteiger partial charge in [-0.2, -0.15) is 5.10 Å². The molecular weight excluding hydrogens is 350 g/mol. The summed E-state index contributed by atoms with van der Waals surface area (Å²) in [5.41, 5.74) is 3.90. The molecule has 0 N–H and O–H groups in total. The molecule has 4 heterocycles. The van der Waals surface area contributed by atoms with Gasteiger partial charge in [0.2, 0.25) is 5.91 Å². The number of carbonyl (C=O) groups excluding carboxylic acids is 1. The van der Waals surface area contributed by atoms with Crippen molar-refractivity contribution >= 4 is 11.7 Å². The summed E-state index contributed by atoms with van der Waals surface area (Å²) in [5, 5.41) is 4.66. The fraction of sp³-hybridized carbons (Fsp3) is 0.500. The van der Waals surface area contributed by atoms with Gasteiger partial charge in [0, 0.05) is 62.5 Å². The van der Waals surface area contributed by atoms with E-state index in [0.29, 0.717) is 5.41 Å². The average Bonchev–Trinajstić information content (AvgIpc) is 3.28. The molecule has 6 heteroatoms. The minimum atomic E-state index is 0.0119. The molecular formula is C22H27N5O. The summed E-state index contributed by atoms with van der Waals surface area (Å²) in [6, 6.07) is 4.27. The summed E-state index contributed by atoms with van der Waals surface area (Å²) in [5.74, 6) is 1.36. The van der Waals surface area contributed by atoms with Crippen LogP contribution in [0.3, 0.4) is 0 Å². The highest BCUT2D eigenvalue weighted by molar-refractivity contribution is 5.87. The lowest BCUT2D eigenvalue weighted by molar-refractivity contribution is -0.125. The molecule has 2 aromatic rings. The Bertz CT molecular complexity index is 921. The Labute approximate surface area is 165 Å². The van der Waals surface area contributed by atoms with Gasteiger partial charge in [-0.1, -0.05) is 13.0 Å². The first-order chi connectivity index (χ1) is 13.6. The Morgan fingerprint density at radius 1 is 1.36 bits per heavy atom. The summed E-state index contributed by atoms with van der Waals surface area (Å²) in [7, 11) is 1.95. The second-order valence-electron chi connectivity index (χ2n) is 8.69. The van der Waals surface area contributed by atoms with Crippen molar-refractivity contribution in [3.05, 3.63) is 42.7 Å². The molecule has 1 unspecified atom stereocenters. The Morgan fingerprint density at radius 3 is 2.82 bits per heavy atom. The van der Waals surface area contributed by atoms with Crippen LogP contribution in [-0.4, -0.2) is 51.8 Å². The van der Waals surface area contributed by atoms with E-state index in [4.69, 9.17) is 4.98 Å². The monoisotopic (exact) mass is 377 g/mol. The number of hydrogen-bond acceptors (Lipinski definition) is 4. The van der Waals surface area contributed by atoms with Crippen LogP contribution < -0.4 is 4.90 Å². The van der Waals surface area contributed by atoms with Crippen LogP contribution in [0.15, 0.2) is 37.2 Å². The molecule has 5 rings (SSSR count). The number of carbonyl (C=O) groups is 1. The molecule has 3 fully saturated rings. The number of anilines is 1. The minimum Gasteiger partial charge on any atom is -0.355 e. The number of aromatic nitrogens is 3. The summed E-state index contributed by atoms with van der Waals surface area (Å²) >= 11 is 0. The van der Waals surface area contributed by atoms with Crippen LogP contribution in [0.4, 0.5) is 5.82 Å². The van der Waals surface area contributed by atoms with E-state index in [9.17, 15) is 4.79 Å². The van der Waals surface area contributed by atoms with E-state index in [0.717, 1.165) is 49.7 Å². The second-order valence-corrected chi connectivity index (χ2v) is 8.69. The number of hydrogen-bond donors (Lipinski definition) is 0. The van der Waals surface area contributed by atoms with Crippen LogP contribution in [-0.2, 0) is 11.8 Å². The highest BCUT2D eigenvalue weighted by atomic mass is 16.2. The molecule has 1 amide bonds. The molecule has 0 radical (unpaired) electrons. The van der Waals surface area contributed by atoms with Crippen molar-refractivity contribution in [2.75, 3.05) is 31.1 Å². The molecule has 0 aromatic carbocycles. The van der Waals surface area contributed by atoms with E-state index in [-0.39, 0.29) is 11.8 Å². The maximum Gasteiger partial charge on any atom is 0.245 e. The van der Waals surface area contributed by atoms with Gasteiger partial charge in [0.05, 0.1) is 5.69 Å². The molecule has 146 valence electrons. The predicted molar refractivity (Wildman–Crippen MR) is 109 cm³/mol. The number of aryl methyl sites for hydroxylation is 1. The Balaban J connectivity index is 1.45. The number of rotatable bonds is 4. The van der Waals surface area contributed by atoms with Crippen molar-refractivity contribution in [1.82, 2.24) is 19.7 Å². The summed E-state index contributed by atoms with van der Waals surface area (Å²) in [6.45, 7) is 7.37. The third-order valence-corrected chi connectivity index (χ3v) is 6.82. The van der Waals surface area contributed by atoms with Crippen LogP contribution in [0.5, 0.6) is 0 Å². The Morgan fingerprint density at radius 2 is 2.18 bits per heavy atom. The molecule has 6 nitrogen and oxygen atoms in total. The van der Waals surface area contributed by atoms with E-state index in [1.165, 1.54) is 30.9 Å². The second kappa shape index (κ2) is 6.47. The lowest BCUT2D eigenvalue weighted by Gasteiger charge is -2.56. The highest BCUT2D eigenvalue weighted by Crippen LogP contribution is 2.49. The zero-order valence-corrected chi connectivity index (χ0v) is 16.5. The van der Waals surface area contributed by atoms with Crippen molar-refractivity contribution in [2.45, 2.75) is 31.6 Å². The average molecular weight is 377 g/mol.